The molecule has 0 bridgehead atoms. The highest BCUT2D eigenvalue weighted by molar-refractivity contribution is 7.89. The molecular formula is C14H22N2O3S. The molecule has 20 heavy (non-hydrogen) atoms. The van der Waals surface area contributed by atoms with E-state index >= 15 is 0 Å². The zero-order valence-electron chi connectivity index (χ0n) is 11.6. The maximum absolute atomic E-state index is 12.0. The van der Waals surface area contributed by atoms with E-state index in [2.05, 4.69) is 9.71 Å². The molecule has 2 N–H and O–H groups in total. The van der Waals surface area contributed by atoms with Gasteiger partial charge in [-0.1, -0.05) is 19.3 Å². The van der Waals surface area contributed by atoms with Crippen LogP contribution in [0.3, 0.4) is 0 Å². The summed E-state index contributed by atoms with van der Waals surface area (Å²) < 4.78 is 26.4. The fourth-order valence-electron chi connectivity index (χ4n) is 2.50. The fraction of sp³-hybridized carbons (Fsp3) is 0.643. The Balaban J connectivity index is 1.82. The molecule has 1 aromatic rings. The predicted molar refractivity (Wildman–Crippen MR) is 77.8 cm³/mol. The molecule has 0 spiro atoms. The van der Waals surface area contributed by atoms with Crippen molar-refractivity contribution in [3.8, 4) is 0 Å². The number of aliphatic hydroxyl groups is 1. The number of rotatable bonds is 6. The van der Waals surface area contributed by atoms with Gasteiger partial charge < -0.3 is 5.11 Å². The van der Waals surface area contributed by atoms with E-state index in [1.165, 1.54) is 0 Å². The first kappa shape index (κ1) is 15.4. The summed E-state index contributed by atoms with van der Waals surface area (Å²) in [5.41, 5.74) is 0.0869. The molecule has 1 saturated carbocycles. The van der Waals surface area contributed by atoms with E-state index in [1.54, 1.807) is 12.4 Å². The lowest BCUT2D eigenvalue weighted by molar-refractivity contribution is 0.00946. The quantitative estimate of drug-likeness (QED) is 0.828. The molecule has 0 aromatic carbocycles. The van der Waals surface area contributed by atoms with Crippen molar-refractivity contribution in [2.24, 2.45) is 0 Å². The van der Waals surface area contributed by atoms with E-state index < -0.39 is 15.6 Å². The van der Waals surface area contributed by atoms with Crippen LogP contribution in [0.15, 0.2) is 24.5 Å². The minimum Gasteiger partial charge on any atom is -0.389 e. The lowest BCUT2D eigenvalue weighted by atomic mass is 9.85. The van der Waals surface area contributed by atoms with Gasteiger partial charge in [0.15, 0.2) is 0 Å². The molecule has 5 nitrogen and oxygen atoms in total. The Morgan fingerprint density at radius 1 is 1.20 bits per heavy atom. The monoisotopic (exact) mass is 298 g/mol. The smallest absolute Gasteiger partial charge is 0.212 e. The summed E-state index contributed by atoms with van der Waals surface area (Å²) in [5, 5.41) is 10.3. The maximum Gasteiger partial charge on any atom is 0.212 e. The molecule has 0 amide bonds. The fourth-order valence-corrected chi connectivity index (χ4v) is 3.64. The van der Waals surface area contributed by atoms with Gasteiger partial charge in [-0.15, -0.1) is 0 Å². The molecule has 0 atom stereocenters. The third kappa shape index (κ3) is 4.85. The second-order valence-corrected chi connectivity index (χ2v) is 7.46. The van der Waals surface area contributed by atoms with Crippen molar-refractivity contribution in [1.82, 2.24) is 9.71 Å². The number of hydrogen-bond acceptors (Lipinski definition) is 4. The number of aromatic nitrogens is 1. The third-order valence-corrected chi connectivity index (χ3v) is 5.14. The summed E-state index contributed by atoms with van der Waals surface area (Å²) in [6.45, 7) is 0.131. The summed E-state index contributed by atoms with van der Waals surface area (Å²) in [4.78, 5) is 3.90. The second kappa shape index (κ2) is 6.65. The Labute approximate surface area is 120 Å². The minimum atomic E-state index is -3.35. The molecule has 0 aliphatic heterocycles. The summed E-state index contributed by atoms with van der Waals surface area (Å²) in [6, 6.07) is 3.62. The first-order valence-electron chi connectivity index (χ1n) is 7.08. The average molecular weight is 298 g/mol. The maximum atomic E-state index is 12.0. The molecule has 1 aliphatic carbocycles. The van der Waals surface area contributed by atoms with E-state index in [4.69, 9.17) is 0 Å². The zero-order chi connectivity index (χ0) is 14.5. The highest BCUT2D eigenvalue weighted by Gasteiger charge is 2.30. The van der Waals surface area contributed by atoms with Crippen molar-refractivity contribution in [2.75, 3.05) is 12.3 Å². The molecule has 112 valence electrons. The Morgan fingerprint density at radius 2 is 1.85 bits per heavy atom. The number of nitrogens with one attached hydrogen (secondary N) is 1. The van der Waals surface area contributed by atoms with Crippen LogP contribution >= 0.6 is 0 Å². The van der Waals surface area contributed by atoms with Gasteiger partial charge in [0.25, 0.3) is 0 Å². The zero-order valence-corrected chi connectivity index (χ0v) is 12.4. The van der Waals surface area contributed by atoms with Crippen LogP contribution in [-0.4, -0.2) is 36.4 Å². The van der Waals surface area contributed by atoms with E-state index in [9.17, 15) is 13.5 Å². The normalized spacial score (nSPS) is 18.9. The van der Waals surface area contributed by atoms with Crippen LogP contribution < -0.4 is 4.72 Å². The van der Waals surface area contributed by atoms with E-state index in [0.717, 1.165) is 24.8 Å². The van der Waals surface area contributed by atoms with Gasteiger partial charge in [0, 0.05) is 18.9 Å². The van der Waals surface area contributed by atoms with Crippen LogP contribution in [0.1, 0.15) is 37.7 Å². The predicted octanol–water partition coefficient (Wildman–Crippen LogP) is 1.24. The molecule has 1 heterocycles. The summed E-state index contributed by atoms with van der Waals surface area (Å²) in [5.74, 6) is 0.0348. The number of nitrogens with zero attached hydrogens (tertiary/aromatic N) is 1. The SMILES string of the molecule is O=S(=O)(CCc1ccncc1)NCC1(O)CCCCC1. The Bertz CT molecular complexity index is 510. The van der Waals surface area contributed by atoms with Crippen LogP contribution in [0, 0.1) is 0 Å². The van der Waals surface area contributed by atoms with Gasteiger partial charge in [-0.05, 0) is 37.0 Å². The average Bonchev–Trinajstić information content (AvgIpc) is 2.46. The van der Waals surface area contributed by atoms with Crippen molar-refractivity contribution >= 4 is 10.0 Å². The Kier molecular flexibility index (Phi) is 5.12. The van der Waals surface area contributed by atoms with Crippen molar-refractivity contribution in [3.05, 3.63) is 30.1 Å². The third-order valence-electron chi connectivity index (χ3n) is 3.81. The number of aryl methyl sites for hydroxylation is 1. The largest absolute Gasteiger partial charge is 0.389 e. The van der Waals surface area contributed by atoms with Gasteiger partial charge in [-0.25, -0.2) is 13.1 Å². The highest BCUT2D eigenvalue weighted by Crippen LogP contribution is 2.27. The summed E-state index contributed by atoms with van der Waals surface area (Å²) >= 11 is 0. The first-order chi connectivity index (χ1) is 9.49. The molecule has 0 unspecified atom stereocenters. The lowest BCUT2D eigenvalue weighted by Crippen LogP contribution is -2.44. The highest BCUT2D eigenvalue weighted by atomic mass is 32.2. The topological polar surface area (TPSA) is 79.3 Å². The number of sulfonamides is 1. The van der Waals surface area contributed by atoms with Gasteiger partial charge in [-0.2, -0.15) is 0 Å². The number of hydrogen-bond donors (Lipinski definition) is 2. The minimum absolute atomic E-state index is 0.0348. The lowest BCUT2D eigenvalue weighted by Gasteiger charge is -2.32. The molecule has 2 rings (SSSR count). The van der Waals surface area contributed by atoms with E-state index in [1.807, 2.05) is 12.1 Å². The Morgan fingerprint density at radius 3 is 2.50 bits per heavy atom. The van der Waals surface area contributed by atoms with Gasteiger partial charge in [0.05, 0.1) is 11.4 Å². The molecule has 1 aromatic heterocycles. The van der Waals surface area contributed by atoms with Crippen molar-refractivity contribution in [3.63, 3.8) is 0 Å². The second-order valence-electron chi connectivity index (χ2n) is 5.53. The van der Waals surface area contributed by atoms with Gasteiger partial charge in [0.1, 0.15) is 0 Å². The van der Waals surface area contributed by atoms with Crippen molar-refractivity contribution in [2.45, 2.75) is 44.1 Å². The molecule has 1 aliphatic rings. The standard InChI is InChI=1S/C14H22N2O3S/c17-14(7-2-1-3-8-14)12-16-20(18,19)11-6-13-4-9-15-10-5-13/h4-5,9-10,16-17H,1-3,6-8,11-12H2. The van der Waals surface area contributed by atoms with Crippen LogP contribution in [0.2, 0.25) is 0 Å². The van der Waals surface area contributed by atoms with Crippen molar-refractivity contribution < 1.29 is 13.5 Å². The molecular weight excluding hydrogens is 276 g/mol. The molecule has 0 radical (unpaired) electrons. The van der Waals surface area contributed by atoms with Gasteiger partial charge in [-0.3, -0.25) is 4.98 Å². The van der Waals surface area contributed by atoms with E-state index in [0.29, 0.717) is 19.3 Å². The summed E-state index contributed by atoms with van der Waals surface area (Å²) in [6.07, 6.45) is 8.18. The molecule has 0 saturated heterocycles. The Hall–Kier alpha value is -0.980. The van der Waals surface area contributed by atoms with Crippen molar-refractivity contribution in [1.29, 1.82) is 0 Å². The van der Waals surface area contributed by atoms with Gasteiger partial charge in [0.2, 0.25) is 10.0 Å². The summed E-state index contributed by atoms with van der Waals surface area (Å²) in [7, 11) is -3.35. The molecule has 6 heteroatoms. The van der Waals surface area contributed by atoms with Gasteiger partial charge >= 0.3 is 0 Å². The molecule has 1 fully saturated rings. The van der Waals surface area contributed by atoms with Crippen LogP contribution in [-0.2, 0) is 16.4 Å². The van der Waals surface area contributed by atoms with Crippen LogP contribution in [0.4, 0.5) is 0 Å². The van der Waals surface area contributed by atoms with Crippen LogP contribution in [0.5, 0.6) is 0 Å². The first-order valence-corrected chi connectivity index (χ1v) is 8.73. The number of pyridine rings is 1. The van der Waals surface area contributed by atoms with E-state index in [-0.39, 0.29) is 12.3 Å². The van der Waals surface area contributed by atoms with Crippen LogP contribution in [0.25, 0.3) is 0 Å².